The minimum atomic E-state index is -0.379. The first-order chi connectivity index (χ1) is 4.72. The van der Waals surface area contributed by atoms with Crippen LogP contribution in [0.3, 0.4) is 0 Å². The minimum absolute atomic E-state index is 0.227. The first-order valence-corrected chi connectivity index (χ1v) is 3.25. The summed E-state index contributed by atoms with van der Waals surface area (Å²) in [6.07, 6.45) is 2.64. The van der Waals surface area contributed by atoms with Crippen LogP contribution in [0.5, 0.6) is 0 Å². The molecule has 0 radical (unpaired) electrons. The highest BCUT2D eigenvalue weighted by Gasteiger charge is 2.06. The van der Waals surface area contributed by atoms with Crippen LogP contribution in [0.2, 0.25) is 0 Å². The summed E-state index contributed by atoms with van der Waals surface area (Å²) < 4.78 is 0. The largest absolute Gasteiger partial charge is 0.330 e. The number of nitrogens with zero attached hydrogens (tertiary/aromatic N) is 1. The van der Waals surface area contributed by atoms with E-state index in [0.29, 0.717) is 19.4 Å². The molecule has 0 unspecified atom stereocenters. The van der Waals surface area contributed by atoms with Crippen molar-refractivity contribution in [2.45, 2.75) is 19.8 Å². The molecule has 0 aromatic heterocycles. The third kappa shape index (κ3) is 3.19. The van der Waals surface area contributed by atoms with Crippen molar-refractivity contribution in [2.24, 2.45) is 5.73 Å². The van der Waals surface area contributed by atoms with Gasteiger partial charge in [0, 0.05) is 6.54 Å². The lowest BCUT2D eigenvalue weighted by Crippen LogP contribution is -2.06. The maximum atomic E-state index is 10.2. The molecule has 0 saturated heterocycles. The summed E-state index contributed by atoms with van der Waals surface area (Å²) in [4.78, 5) is 9.78. The van der Waals surface area contributed by atoms with Crippen molar-refractivity contribution < 1.29 is 4.92 Å². The first kappa shape index (κ1) is 9.10. The van der Waals surface area contributed by atoms with Gasteiger partial charge < -0.3 is 5.73 Å². The molecular formula is C6H12N2O2. The van der Waals surface area contributed by atoms with Gasteiger partial charge in [0.25, 0.3) is 0 Å². The van der Waals surface area contributed by atoms with Crippen molar-refractivity contribution in [1.82, 2.24) is 0 Å². The topological polar surface area (TPSA) is 69.2 Å². The fourth-order valence-electron chi connectivity index (χ4n) is 0.651. The van der Waals surface area contributed by atoms with Gasteiger partial charge in [-0.05, 0) is 12.5 Å². The molecule has 0 spiro atoms. The lowest BCUT2D eigenvalue weighted by atomic mass is 10.3. The quantitative estimate of drug-likeness (QED) is 0.471. The summed E-state index contributed by atoms with van der Waals surface area (Å²) in [6.45, 7) is 2.20. The van der Waals surface area contributed by atoms with Gasteiger partial charge in [-0.1, -0.05) is 6.92 Å². The average Bonchev–Trinajstić information content (AvgIpc) is 1.87. The molecule has 0 fully saturated rings. The zero-order valence-electron chi connectivity index (χ0n) is 6.04. The molecule has 58 valence electrons. The van der Waals surface area contributed by atoms with E-state index in [1.165, 1.54) is 0 Å². The number of hydrogen-bond donors (Lipinski definition) is 1. The summed E-state index contributed by atoms with van der Waals surface area (Å²) >= 11 is 0. The maximum Gasteiger partial charge on any atom is 0.243 e. The van der Waals surface area contributed by atoms with Crippen molar-refractivity contribution in [3.8, 4) is 0 Å². The molecule has 0 heterocycles. The molecular weight excluding hydrogens is 132 g/mol. The zero-order chi connectivity index (χ0) is 7.98. The Labute approximate surface area is 59.9 Å². The van der Waals surface area contributed by atoms with E-state index in [4.69, 9.17) is 5.73 Å². The summed E-state index contributed by atoms with van der Waals surface area (Å²) in [5.41, 5.74) is 5.38. The van der Waals surface area contributed by atoms with Crippen molar-refractivity contribution in [2.75, 3.05) is 6.54 Å². The van der Waals surface area contributed by atoms with E-state index in [9.17, 15) is 10.1 Å². The third-order valence-electron chi connectivity index (χ3n) is 1.07. The monoisotopic (exact) mass is 144 g/mol. The SMILES string of the molecule is CC/C=C(\CCN)[N+](=O)[O-]. The van der Waals surface area contributed by atoms with Gasteiger partial charge in [-0.25, -0.2) is 0 Å². The molecule has 10 heavy (non-hydrogen) atoms. The van der Waals surface area contributed by atoms with E-state index in [0.717, 1.165) is 0 Å². The van der Waals surface area contributed by atoms with Gasteiger partial charge in [0.2, 0.25) is 5.70 Å². The molecule has 0 bridgehead atoms. The van der Waals surface area contributed by atoms with Gasteiger partial charge in [0.05, 0.1) is 11.3 Å². The van der Waals surface area contributed by atoms with Crippen molar-refractivity contribution in [3.05, 3.63) is 21.9 Å². The highest BCUT2D eigenvalue weighted by atomic mass is 16.6. The van der Waals surface area contributed by atoms with Crippen LogP contribution in [-0.2, 0) is 0 Å². The Hall–Kier alpha value is -0.900. The van der Waals surface area contributed by atoms with Crippen LogP contribution >= 0.6 is 0 Å². The summed E-state index contributed by atoms with van der Waals surface area (Å²) in [5, 5.41) is 10.2. The van der Waals surface area contributed by atoms with Crippen LogP contribution in [0.25, 0.3) is 0 Å². The fourth-order valence-corrected chi connectivity index (χ4v) is 0.651. The smallest absolute Gasteiger partial charge is 0.243 e. The van der Waals surface area contributed by atoms with Crippen molar-refractivity contribution in [3.63, 3.8) is 0 Å². The molecule has 2 N–H and O–H groups in total. The molecule has 4 heteroatoms. The average molecular weight is 144 g/mol. The molecule has 0 aliphatic rings. The number of nitrogens with two attached hydrogens (primary N) is 1. The van der Waals surface area contributed by atoms with E-state index in [1.807, 2.05) is 6.92 Å². The summed E-state index contributed by atoms with van der Waals surface area (Å²) in [5.74, 6) is 0. The van der Waals surface area contributed by atoms with Gasteiger partial charge in [-0.2, -0.15) is 0 Å². The fraction of sp³-hybridized carbons (Fsp3) is 0.667. The normalized spacial score (nSPS) is 11.6. The van der Waals surface area contributed by atoms with Gasteiger partial charge in [0.15, 0.2) is 0 Å². The lowest BCUT2D eigenvalue weighted by molar-refractivity contribution is -0.428. The zero-order valence-corrected chi connectivity index (χ0v) is 6.04. The highest BCUT2D eigenvalue weighted by Crippen LogP contribution is 2.01. The van der Waals surface area contributed by atoms with Crippen LogP contribution in [0.4, 0.5) is 0 Å². The Bertz CT molecular complexity index is 143. The molecule has 0 amide bonds. The molecule has 0 aromatic carbocycles. The third-order valence-corrected chi connectivity index (χ3v) is 1.07. The molecule has 0 rings (SSSR count). The van der Waals surface area contributed by atoms with Gasteiger partial charge >= 0.3 is 0 Å². The van der Waals surface area contributed by atoms with E-state index in [-0.39, 0.29) is 10.6 Å². The number of nitro groups is 1. The highest BCUT2D eigenvalue weighted by molar-refractivity contribution is 4.90. The minimum Gasteiger partial charge on any atom is -0.330 e. The van der Waals surface area contributed by atoms with Crippen molar-refractivity contribution in [1.29, 1.82) is 0 Å². The van der Waals surface area contributed by atoms with Crippen LogP contribution < -0.4 is 5.73 Å². The second kappa shape index (κ2) is 4.93. The first-order valence-electron chi connectivity index (χ1n) is 3.25. The van der Waals surface area contributed by atoms with E-state index < -0.39 is 0 Å². The Morgan fingerprint density at radius 3 is 2.70 bits per heavy atom. The van der Waals surface area contributed by atoms with E-state index >= 15 is 0 Å². The summed E-state index contributed by atoms with van der Waals surface area (Å²) in [7, 11) is 0. The molecule has 0 atom stereocenters. The Kier molecular flexibility index (Phi) is 4.49. The second-order valence-corrected chi connectivity index (χ2v) is 1.90. The summed E-state index contributed by atoms with van der Waals surface area (Å²) in [6, 6.07) is 0. The van der Waals surface area contributed by atoms with Crippen molar-refractivity contribution >= 4 is 0 Å². The number of allylic oxidation sites excluding steroid dienone is 1. The molecule has 0 saturated carbocycles. The van der Waals surface area contributed by atoms with Gasteiger partial charge in [-0.3, -0.25) is 10.1 Å². The second-order valence-electron chi connectivity index (χ2n) is 1.90. The predicted molar refractivity (Wildman–Crippen MR) is 39.0 cm³/mol. The van der Waals surface area contributed by atoms with Gasteiger partial charge in [-0.15, -0.1) is 0 Å². The molecule has 0 aromatic rings. The van der Waals surface area contributed by atoms with Gasteiger partial charge in [0.1, 0.15) is 0 Å². The van der Waals surface area contributed by atoms with Crippen LogP contribution in [0, 0.1) is 10.1 Å². The standard InChI is InChI=1S/C6H12N2O2/c1-2-3-6(4-5-7)8(9)10/h3H,2,4-5,7H2,1H3/b6-3+. The number of rotatable bonds is 4. The molecule has 0 aliphatic carbocycles. The van der Waals surface area contributed by atoms with E-state index in [2.05, 4.69) is 0 Å². The van der Waals surface area contributed by atoms with E-state index in [1.54, 1.807) is 6.08 Å². The number of hydrogen-bond acceptors (Lipinski definition) is 3. The Morgan fingerprint density at radius 2 is 2.40 bits per heavy atom. The van der Waals surface area contributed by atoms with Crippen LogP contribution in [0.1, 0.15) is 19.8 Å². The van der Waals surface area contributed by atoms with Crippen LogP contribution in [0.15, 0.2) is 11.8 Å². The Balaban J connectivity index is 3.98. The maximum absolute atomic E-state index is 10.2. The lowest BCUT2D eigenvalue weighted by Gasteiger charge is -1.93. The molecule has 0 aliphatic heterocycles. The predicted octanol–water partition coefficient (Wildman–Crippen LogP) is 0.906. The Morgan fingerprint density at radius 1 is 1.80 bits per heavy atom. The van der Waals surface area contributed by atoms with Crippen LogP contribution in [-0.4, -0.2) is 11.5 Å². The molecule has 4 nitrogen and oxygen atoms in total.